The Hall–Kier alpha value is -4.55. The van der Waals surface area contributed by atoms with Gasteiger partial charge >= 0.3 is 0 Å². The van der Waals surface area contributed by atoms with Crippen molar-refractivity contribution in [3.8, 4) is 11.1 Å². The van der Waals surface area contributed by atoms with Gasteiger partial charge in [0.1, 0.15) is 17.3 Å². The summed E-state index contributed by atoms with van der Waals surface area (Å²) in [4.78, 5) is 54.4. The van der Waals surface area contributed by atoms with Crippen LogP contribution >= 0.6 is 0 Å². The van der Waals surface area contributed by atoms with Gasteiger partial charge in [0.25, 0.3) is 17.4 Å². The first-order chi connectivity index (χ1) is 21.9. The molecule has 3 fully saturated rings. The van der Waals surface area contributed by atoms with Crippen molar-refractivity contribution in [3.05, 3.63) is 76.1 Å². The highest BCUT2D eigenvalue weighted by Crippen LogP contribution is 2.41. The van der Waals surface area contributed by atoms with Gasteiger partial charge in [-0.15, -0.1) is 0 Å². The number of aliphatic hydroxyl groups excluding tert-OH is 1. The molecule has 0 bridgehead atoms. The number of carbonyl (C=O) groups is 2. The number of pyridine rings is 3. The fourth-order valence-corrected chi connectivity index (χ4v) is 7.10. The lowest BCUT2D eigenvalue weighted by atomic mass is 9.86. The van der Waals surface area contributed by atoms with E-state index in [2.05, 4.69) is 26.3 Å². The first-order valence-corrected chi connectivity index (χ1v) is 15.6. The third kappa shape index (κ3) is 5.38. The minimum atomic E-state index is -0.331. The normalized spacial score (nSPS) is 21.3. The molecule has 6 heterocycles. The number of carbonyl (C=O) groups excluding carboxylic acids is 2. The summed E-state index contributed by atoms with van der Waals surface area (Å²) in [5, 5.41) is 13.7. The molecule has 7 rings (SSSR count). The fraction of sp³-hybridized carbons (Fsp3) is 0.424. The molecule has 12 heteroatoms. The third-order valence-corrected chi connectivity index (χ3v) is 9.40. The molecule has 0 aromatic carbocycles. The maximum Gasteiger partial charge on any atom is 0.275 e. The summed E-state index contributed by atoms with van der Waals surface area (Å²) in [5.74, 6) is 1.07. The van der Waals surface area contributed by atoms with Gasteiger partial charge in [-0.25, -0.2) is 9.97 Å². The quantitative estimate of drug-likeness (QED) is 0.432. The van der Waals surface area contributed by atoms with Crippen molar-refractivity contribution in [2.45, 2.75) is 38.3 Å². The molecule has 1 saturated carbocycles. The van der Waals surface area contributed by atoms with Gasteiger partial charge in [-0.2, -0.15) is 0 Å². The molecule has 2 amide bonds. The lowest BCUT2D eigenvalue weighted by Crippen LogP contribution is -2.51. The Bertz CT molecular complexity index is 1710. The molecule has 2 atom stereocenters. The lowest BCUT2D eigenvalue weighted by Gasteiger charge is -2.40. The first-order valence-electron chi connectivity index (χ1n) is 15.6. The number of ether oxygens (including phenoxy) is 1. The van der Waals surface area contributed by atoms with Crippen LogP contribution in [0.2, 0.25) is 0 Å². The smallest absolute Gasteiger partial charge is 0.275 e. The number of aryl methyl sites for hydroxylation is 1. The molecule has 3 aliphatic heterocycles. The van der Waals surface area contributed by atoms with Crippen LogP contribution in [0.3, 0.4) is 0 Å². The number of rotatable bonds is 6. The Balaban J connectivity index is 1.15. The summed E-state index contributed by atoms with van der Waals surface area (Å²) < 4.78 is 6.79. The third-order valence-electron chi connectivity index (χ3n) is 9.40. The van der Waals surface area contributed by atoms with Gasteiger partial charge in [0.2, 0.25) is 0 Å². The number of nitrogens with zero attached hydrogens (tertiary/aromatic N) is 6. The lowest BCUT2D eigenvalue weighted by molar-refractivity contribution is -0.118. The number of hydrogen-bond donors (Lipinski definition) is 2. The highest BCUT2D eigenvalue weighted by molar-refractivity contribution is 6.06. The van der Waals surface area contributed by atoms with Gasteiger partial charge < -0.3 is 29.5 Å². The van der Waals surface area contributed by atoms with Crippen LogP contribution in [0.15, 0.2) is 59.4 Å². The number of piperazine rings is 1. The summed E-state index contributed by atoms with van der Waals surface area (Å²) in [5.41, 5.74) is 3.07. The van der Waals surface area contributed by atoms with Crippen LogP contribution in [0.25, 0.3) is 11.1 Å². The highest BCUT2D eigenvalue weighted by Gasteiger charge is 2.43. The van der Waals surface area contributed by atoms with Crippen molar-refractivity contribution in [1.29, 1.82) is 0 Å². The molecular formula is C33H37N7O5. The monoisotopic (exact) mass is 611 g/mol. The second-order valence-electron chi connectivity index (χ2n) is 12.1. The molecule has 3 aromatic heterocycles. The van der Waals surface area contributed by atoms with Gasteiger partial charge in [-0.05, 0) is 48.6 Å². The van der Waals surface area contributed by atoms with Crippen LogP contribution in [0, 0.1) is 5.92 Å². The number of amides is 2. The number of morpholine rings is 1. The zero-order valence-electron chi connectivity index (χ0n) is 25.3. The molecule has 2 saturated heterocycles. The Kier molecular flexibility index (Phi) is 7.84. The maximum atomic E-state index is 13.8. The molecule has 4 aliphatic rings. The Labute approximate surface area is 260 Å². The fourth-order valence-electron chi connectivity index (χ4n) is 7.10. The van der Waals surface area contributed by atoms with E-state index < -0.39 is 0 Å². The molecule has 45 heavy (non-hydrogen) atoms. The van der Waals surface area contributed by atoms with Crippen LogP contribution < -0.4 is 15.8 Å². The zero-order chi connectivity index (χ0) is 31.1. The molecule has 1 aliphatic carbocycles. The minimum absolute atomic E-state index is 0.0839. The van der Waals surface area contributed by atoms with E-state index in [9.17, 15) is 19.5 Å². The molecule has 234 valence electrons. The SMILES string of the molecule is Cn1cc(-c2ccnc(N3CCN4C(=CC5CCCCC54)C3=O)c2CO)cc(Nc2ccc(C(=O)N3CCOCC3)cn2)c1=O. The van der Waals surface area contributed by atoms with E-state index in [4.69, 9.17) is 4.74 Å². The Morgan fingerprint density at radius 3 is 2.67 bits per heavy atom. The molecule has 2 unspecified atom stereocenters. The average molecular weight is 612 g/mol. The molecule has 0 radical (unpaired) electrons. The maximum absolute atomic E-state index is 13.8. The van der Waals surface area contributed by atoms with Gasteiger partial charge in [0.05, 0.1) is 31.1 Å². The summed E-state index contributed by atoms with van der Waals surface area (Å²) in [6.45, 7) is 2.99. The topological polar surface area (TPSA) is 133 Å². The van der Waals surface area contributed by atoms with E-state index in [1.54, 1.807) is 53.5 Å². The van der Waals surface area contributed by atoms with Crippen molar-refractivity contribution in [3.63, 3.8) is 0 Å². The largest absolute Gasteiger partial charge is 0.392 e. The standard InChI is InChI=1S/C33H37N7O5/c1-37-19-23(16-26(32(37)43)36-29-7-6-22(18-35-29)31(42)38-12-14-45-15-13-38)24-8-9-34-30(25(24)20-41)40-11-10-39-27-5-3-2-4-21(27)17-28(39)33(40)44/h6-9,16-19,21,27,41H,2-5,10-15,20H2,1H3,(H,35,36). The van der Waals surface area contributed by atoms with Gasteiger partial charge in [-0.3, -0.25) is 19.3 Å². The van der Waals surface area contributed by atoms with Crippen LogP contribution in [0.1, 0.15) is 41.6 Å². The Morgan fingerprint density at radius 1 is 1.07 bits per heavy atom. The number of anilines is 3. The van der Waals surface area contributed by atoms with Crippen LogP contribution in [0.5, 0.6) is 0 Å². The van der Waals surface area contributed by atoms with Crippen LogP contribution in [-0.2, 0) is 23.2 Å². The van der Waals surface area contributed by atoms with Gasteiger partial charge in [-0.1, -0.05) is 18.9 Å². The number of aliphatic hydroxyl groups is 1. The molecule has 0 spiro atoms. The minimum Gasteiger partial charge on any atom is -0.392 e. The van der Waals surface area contributed by atoms with Crippen molar-refractivity contribution in [2.75, 3.05) is 49.6 Å². The predicted molar refractivity (Wildman–Crippen MR) is 168 cm³/mol. The first kappa shape index (κ1) is 29.2. The number of nitrogens with one attached hydrogen (secondary N) is 1. The van der Waals surface area contributed by atoms with Crippen LogP contribution in [0.4, 0.5) is 17.3 Å². The van der Waals surface area contributed by atoms with Crippen LogP contribution in [-0.4, -0.2) is 86.7 Å². The van der Waals surface area contributed by atoms with E-state index in [0.29, 0.717) is 78.7 Å². The second kappa shape index (κ2) is 12.1. The van der Waals surface area contributed by atoms with E-state index in [1.807, 2.05) is 0 Å². The Morgan fingerprint density at radius 2 is 1.89 bits per heavy atom. The van der Waals surface area contributed by atoms with Crippen molar-refractivity contribution >= 4 is 29.1 Å². The molecular weight excluding hydrogens is 574 g/mol. The molecule has 2 N–H and O–H groups in total. The second-order valence-corrected chi connectivity index (χ2v) is 12.1. The van der Waals surface area contributed by atoms with E-state index in [-0.39, 0.29) is 29.7 Å². The van der Waals surface area contributed by atoms with Gasteiger partial charge in [0.15, 0.2) is 0 Å². The van der Waals surface area contributed by atoms with E-state index >= 15 is 0 Å². The number of aromatic nitrogens is 3. The van der Waals surface area contributed by atoms with E-state index in [1.165, 1.54) is 23.6 Å². The average Bonchev–Trinajstić information content (AvgIpc) is 3.47. The highest BCUT2D eigenvalue weighted by atomic mass is 16.5. The predicted octanol–water partition coefficient (Wildman–Crippen LogP) is 2.66. The summed E-state index contributed by atoms with van der Waals surface area (Å²) in [6, 6.07) is 7.25. The summed E-state index contributed by atoms with van der Waals surface area (Å²) in [6.07, 6.45) is 11.6. The molecule has 12 nitrogen and oxygen atoms in total. The van der Waals surface area contributed by atoms with E-state index in [0.717, 1.165) is 25.1 Å². The van der Waals surface area contributed by atoms with Crippen molar-refractivity contribution in [1.82, 2.24) is 24.3 Å². The summed E-state index contributed by atoms with van der Waals surface area (Å²) >= 11 is 0. The number of hydrogen-bond acceptors (Lipinski definition) is 9. The zero-order valence-corrected chi connectivity index (χ0v) is 25.3. The van der Waals surface area contributed by atoms with Gasteiger partial charge in [0, 0.05) is 69.0 Å². The van der Waals surface area contributed by atoms with Crippen molar-refractivity contribution in [2.24, 2.45) is 13.0 Å². The molecule has 3 aromatic rings. The summed E-state index contributed by atoms with van der Waals surface area (Å²) in [7, 11) is 1.66. The van der Waals surface area contributed by atoms with Crippen molar-refractivity contribution < 1.29 is 19.4 Å². The number of fused-ring (bicyclic) bond motifs is 3.